The van der Waals surface area contributed by atoms with E-state index >= 15 is 0 Å². The third-order valence-electron chi connectivity index (χ3n) is 2.57. The molecule has 2 rings (SSSR count). The third kappa shape index (κ3) is 3.42. The SMILES string of the molecule is Cc1ccc(CCOC(=O)c2ccccc2)nc1. The Morgan fingerprint density at radius 3 is 2.61 bits per heavy atom. The van der Waals surface area contributed by atoms with Crippen molar-refractivity contribution in [2.45, 2.75) is 13.3 Å². The van der Waals surface area contributed by atoms with Crippen LogP contribution in [0.1, 0.15) is 21.6 Å². The lowest BCUT2D eigenvalue weighted by Gasteiger charge is -2.04. The molecule has 18 heavy (non-hydrogen) atoms. The number of pyridine rings is 1. The van der Waals surface area contributed by atoms with Crippen molar-refractivity contribution in [2.75, 3.05) is 6.61 Å². The molecule has 0 aliphatic heterocycles. The van der Waals surface area contributed by atoms with Crippen LogP contribution in [0.15, 0.2) is 48.7 Å². The Kier molecular flexibility index (Phi) is 4.07. The molecule has 92 valence electrons. The highest BCUT2D eigenvalue weighted by molar-refractivity contribution is 5.89. The number of nitrogens with zero attached hydrogens (tertiary/aromatic N) is 1. The quantitative estimate of drug-likeness (QED) is 0.773. The molecule has 0 saturated carbocycles. The van der Waals surface area contributed by atoms with Gasteiger partial charge < -0.3 is 4.74 Å². The average Bonchev–Trinajstić information content (AvgIpc) is 2.42. The lowest BCUT2D eigenvalue weighted by atomic mass is 10.2. The van der Waals surface area contributed by atoms with Gasteiger partial charge in [-0.3, -0.25) is 4.98 Å². The molecule has 0 fully saturated rings. The number of rotatable bonds is 4. The van der Waals surface area contributed by atoms with Crippen LogP contribution in [0.25, 0.3) is 0 Å². The van der Waals surface area contributed by atoms with Crippen LogP contribution >= 0.6 is 0 Å². The molecule has 0 bridgehead atoms. The van der Waals surface area contributed by atoms with Gasteiger partial charge >= 0.3 is 5.97 Å². The smallest absolute Gasteiger partial charge is 0.338 e. The van der Waals surface area contributed by atoms with Gasteiger partial charge in [0.2, 0.25) is 0 Å². The molecule has 1 heterocycles. The molecule has 0 radical (unpaired) electrons. The summed E-state index contributed by atoms with van der Waals surface area (Å²) in [5, 5.41) is 0. The van der Waals surface area contributed by atoms with Gasteiger partial charge in [0.05, 0.1) is 12.2 Å². The maximum absolute atomic E-state index is 11.6. The maximum atomic E-state index is 11.6. The summed E-state index contributed by atoms with van der Waals surface area (Å²) in [7, 11) is 0. The summed E-state index contributed by atoms with van der Waals surface area (Å²) in [6, 6.07) is 12.9. The summed E-state index contributed by atoms with van der Waals surface area (Å²) in [6.45, 7) is 2.34. The number of hydrogen-bond donors (Lipinski definition) is 0. The second-order valence-electron chi connectivity index (χ2n) is 4.08. The predicted octanol–water partition coefficient (Wildman–Crippen LogP) is 2.79. The summed E-state index contributed by atoms with van der Waals surface area (Å²) in [6.07, 6.45) is 2.45. The van der Waals surface area contributed by atoms with Crippen molar-refractivity contribution in [2.24, 2.45) is 0 Å². The number of carbonyl (C=O) groups is 1. The zero-order valence-electron chi connectivity index (χ0n) is 10.3. The van der Waals surface area contributed by atoms with E-state index in [1.165, 1.54) is 0 Å². The second-order valence-corrected chi connectivity index (χ2v) is 4.08. The minimum atomic E-state index is -0.289. The van der Waals surface area contributed by atoms with Gasteiger partial charge in [-0.15, -0.1) is 0 Å². The van der Waals surface area contributed by atoms with Crippen LogP contribution in [0.5, 0.6) is 0 Å². The second kappa shape index (κ2) is 5.96. The summed E-state index contributed by atoms with van der Waals surface area (Å²) in [5.74, 6) is -0.289. The van der Waals surface area contributed by atoms with Crippen LogP contribution in [0, 0.1) is 6.92 Å². The molecule has 1 aromatic carbocycles. The van der Waals surface area contributed by atoms with Crippen molar-refractivity contribution in [1.29, 1.82) is 0 Å². The van der Waals surface area contributed by atoms with Gasteiger partial charge in [-0.1, -0.05) is 24.3 Å². The van der Waals surface area contributed by atoms with E-state index in [1.54, 1.807) is 12.1 Å². The Labute approximate surface area is 106 Å². The first-order valence-corrected chi connectivity index (χ1v) is 5.89. The van der Waals surface area contributed by atoms with Crippen molar-refractivity contribution in [3.63, 3.8) is 0 Å². The van der Waals surface area contributed by atoms with Gasteiger partial charge in [0, 0.05) is 18.3 Å². The van der Waals surface area contributed by atoms with E-state index in [2.05, 4.69) is 4.98 Å². The highest BCUT2D eigenvalue weighted by Gasteiger charge is 2.05. The normalized spacial score (nSPS) is 10.1. The van der Waals surface area contributed by atoms with Gasteiger partial charge in [0.25, 0.3) is 0 Å². The Morgan fingerprint density at radius 1 is 1.17 bits per heavy atom. The first-order valence-electron chi connectivity index (χ1n) is 5.89. The molecule has 0 aliphatic rings. The van der Waals surface area contributed by atoms with E-state index in [-0.39, 0.29) is 5.97 Å². The van der Waals surface area contributed by atoms with Crippen LogP contribution < -0.4 is 0 Å². The topological polar surface area (TPSA) is 39.2 Å². The van der Waals surface area contributed by atoms with Crippen LogP contribution in [0.4, 0.5) is 0 Å². The number of ether oxygens (including phenoxy) is 1. The largest absolute Gasteiger partial charge is 0.462 e. The minimum absolute atomic E-state index is 0.289. The highest BCUT2D eigenvalue weighted by Crippen LogP contribution is 2.03. The number of aromatic nitrogens is 1. The molecular formula is C15H15NO2. The average molecular weight is 241 g/mol. The lowest BCUT2D eigenvalue weighted by Crippen LogP contribution is -2.08. The van der Waals surface area contributed by atoms with Crippen LogP contribution in [-0.2, 0) is 11.2 Å². The first kappa shape index (κ1) is 12.3. The molecule has 0 atom stereocenters. The molecular weight excluding hydrogens is 226 g/mol. The molecule has 0 amide bonds. The van der Waals surface area contributed by atoms with Crippen molar-refractivity contribution < 1.29 is 9.53 Å². The molecule has 0 spiro atoms. The van der Waals surface area contributed by atoms with E-state index < -0.39 is 0 Å². The molecule has 0 saturated heterocycles. The van der Waals surface area contributed by atoms with E-state index in [9.17, 15) is 4.79 Å². The monoisotopic (exact) mass is 241 g/mol. The molecule has 3 nitrogen and oxygen atoms in total. The van der Waals surface area contributed by atoms with Crippen LogP contribution in [-0.4, -0.2) is 17.6 Å². The van der Waals surface area contributed by atoms with Crippen molar-refractivity contribution in [1.82, 2.24) is 4.98 Å². The minimum Gasteiger partial charge on any atom is -0.462 e. The number of aryl methyl sites for hydroxylation is 1. The van der Waals surface area contributed by atoms with Crippen molar-refractivity contribution in [3.8, 4) is 0 Å². The zero-order valence-corrected chi connectivity index (χ0v) is 10.3. The Hall–Kier alpha value is -2.16. The van der Waals surface area contributed by atoms with E-state index in [4.69, 9.17) is 4.74 Å². The summed E-state index contributed by atoms with van der Waals surface area (Å²) in [5.41, 5.74) is 2.64. The molecule has 1 aromatic heterocycles. The maximum Gasteiger partial charge on any atom is 0.338 e. The van der Waals surface area contributed by atoms with Gasteiger partial charge in [-0.2, -0.15) is 0 Å². The van der Waals surface area contributed by atoms with Gasteiger partial charge in [-0.25, -0.2) is 4.79 Å². The highest BCUT2D eigenvalue weighted by atomic mass is 16.5. The Morgan fingerprint density at radius 2 is 1.94 bits per heavy atom. The predicted molar refractivity (Wildman–Crippen MR) is 69.4 cm³/mol. The molecule has 0 unspecified atom stereocenters. The fourth-order valence-corrected chi connectivity index (χ4v) is 1.55. The molecule has 3 heteroatoms. The standard InChI is InChI=1S/C15H15NO2/c1-12-7-8-14(16-11-12)9-10-18-15(17)13-5-3-2-4-6-13/h2-8,11H,9-10H2,1H3. The van der Waals surface area contributed by atoms with E-state index in [0.717, 1.165) is 11.3 Å². The third-order valence-corrected chi connectivity index (χ3v) is 2.57. The summed E-state index contributed by atoms with van der Waals surface area (Å²) >= 11 is 0. The summed E-state index contributed by atoms with van der Waals surface area (Å²) in [4.78, 5) is 15.9. The van der Waals surface area contributed by atoms with E-state index in [0.29, 0.717) is 18.6 Å². The fourth-order valence-electron chi connectivity index (χ4n) is 1.55. The Bertz CT molecular complexity index is 506. The van der Waals surface area contributed by atoms with Gasteiger partial charge in [-0.05, 0) is 30.7 Å². The van der Waals surface area contributed by atoms with Crippen LogP contribution in [0.3, 0.4) is 0 Å². The van der Waals surface area contributed by atoms with Crippen LogP contribution in [0.2, 0.25) is 0 Å². The number of hydrogen-bond acceptors (Lipinski definition) is 3. The molecule has 0 N–H and O–H groups in total. The van der Waals surface area contributed by atoms with Crippen molar-refractivity contribution in [3.05, 3.63) is 65.5 Å². The zero-order chi connectivity index (χ0) is 12.8. The summed E-state index contributed by atoms with van der Waals surface area (Å²) < 4.78 is 5.18. The van der Waals surface area contributed by atoms with Gasteiger partial charge in [0.1, 0.15) is 0 Å². The molecule has 2 aromatic rings. The first-order chi connectivity index (χ1) is 8.75. The molecule has 0 aliphatic carbocycles. The van der Waals surface area contributed by atoms with Gasteiger partial charge in [0.15, 0.2) is 0 Å². The van der Waals surface area contributed by atoms with Crippen molar-refractivity contribution >= 4 is 5.97 Å². The lowest BCUT2D eigenvalue weighted by molar-refractivity contribution is 0.0508. The number of esters is 1. The fraction of sp³-hybridized carbons (Fsp3) is 0.200. The number of benzene rings is 1. The number of carbonyl (C=O) groups excluding carboxylic acids is 1. The Balaban J connectivity index is 1.82. The van der Waals surface area contributed by atoms with E-state index in [1.807, 2.05) is 43.5 Å².